The van der Waals surface area contributed by atoms with E-state index in [1.807, 2.05) is 12.1 Å². The number of hydrogen-bond donors (Lipinski definition) is 1. The van der Waals surface area contributed by atoms with Crippen molar-refractivity contribution in [3.05, 3.63) is 47.7 Å². The second kappa shape index (κ2) is 5.33. The molecule has 0 saturated heterocycles. The number of rotatable bonds is 2. The number of halogens is 2. The Morgan fingerprint density at radius 1 is 1.29 bits per heavy atom. The van der Waals surface area contributed by atoms with Gasteiger partial charge < -0.3 is 5.32 Å². The summed E-state index contributed by atoms with van der Waals surface area (Å²) >= 11 is 5.94. The number of nitrogens with zero attached hydrogens (tertiary/aromatic N) is 1. The van der Waals surface area contributed by atoms with Crippen LogP contribution in [0.4, 0.5) is 10.1 Å². The topological polar surface area (TPSA) is 24.9 Å². The monoisotopic (exact) mass is 246 g/mol. The van der Waals surface area contributed by atoms with Crippen LogP contribution in [-0.4, -0.2) is 4.98 Å². The number of pyridine rings is 1. The van der Waals surface area contributed by atoms with Gasteiger partial charge in [-0.3, -0.25) is 4.98 Å². The Hall–Kier alpha value is -2.05. The van der Waals surface area contributed by atoms with E-state index in [0.29, 0.717) is 10.7 Å². The van der Waals surface area contributed by atoms with Gasteiger partial charge in [0.05, 0.1) is 5.69 Å². The molecule has 1 heterocycles. The van der Waals surface area contributed by atoms with Crippen LogP contribution < -0.4 is 5.32 Å². The van der Waals surface area contributed by atoms with E-state index < -0.39 is 0 Å². The summed E-state index contributed by atoms with van der Waals surface area (Å²) < 4.78 is 11.8. The van der Waals surface area contributed by atoms with E-state index in [0.717, 1.165) is 11.1 Å². The lowest BCUT2D eigenvalue weighted by Gasteiger charge is -2.08. The average Bonchev–Trinajstić information content (AvgIpc) is 2.38. The molecular formula is C13H8ClFN2. The maximum Gasteiger partial charge on any atom is 0.128 e. The van der Waals surface area contributed by atoms with Crippen molar-refractivity contribution < 1.29 is 4.39 Å². The molecule has 0 aliphatic rings. The summed E-state index contributed by atoms with van der Waals surface area (Å²) in [7, 11) is 0. The SMILES string of the molecule is FC#CNc1ccc(Cl)cc1-c1cccnc1. The van der Waals surface area contributed by atoms with Gasteiger partial charge in [-0.1, -0.05) is 17.7 Å². The molecular weight excluding hydrogens is 239 g/mol. The lowest BCUT2D eigenvalue weighted by atomic mass is 10.1. The van der Waals surface area contributed by atoms with Gasteiger partial charge in [-0.2, -0.15) is 0 Å². The second-order valence-electron chi connectivity index (χ2n) is 3.28. The molecule has 1 aromatic heterocycles. The van der Waals surface area contributed by atoms with Crippen LogP contribution in [0.3, 0.4) is 0 Å². The van der Waals surface area contributed by atoms with E-state index in [9.17, 15) is 4.39 Å². The molecule has 2 nitrogen and oxygen atoms in total. The highest BCUT2D eigenvalue weighted by atomic mass is 35.5. The summed E-state index contributed by atoms with van der Waals surface area (Å²) in [6, 6.07) is 11.1. The van der Waals surface area contributed by atoms with Crippen molar-refractivity contribution in [2.24, 2.45) is 0 Å². The quantitative estimate of drug-likeness (QED) is 0.646. The fourth-order valence-corrected chi connectivity index (χ4v) is 1.65. The van der Waals surface area contributed by atoms with Crippen LogP contribution in [-0.2, 0) is 0 Å². The third-order valence-corrected chi connectivity index (χ3v) is 2.43. The summed E-state index contributed by atoms with van der Waals surface area (Å²) in [5.41, 5.74) is 2.40. The molecule has 2 aromatic rings. The maximum atomic E-state index is 11.8. The van der Waals surface area contributed by atoms with Crippen LogP contribution in [0.5, 0.6) is 0 Å². The van der Waals surface area contributed by atoms with E-state index in [1.54, 1.807) is 30.6 Å². The number of nitrogens with one attached hydrogen (secondary N) is 1. The van der Waals surface area contributed by atoms with Gasteiger partial charge in [0.2, 0.25) is 0 Å². The first-order valence-electron chi connectivity index (χ1n) is 4.88. The first-order valence-corrected chi connectivity index (χ1v) is 5.25. The molecule has 1 aromatic carbocycles. The lowest BCUT2D eigenvalue weighted by Crippen LogP contribution is -1.92. The molecule has 17 heavy (non-hydrogen) atoms. The van der Waals surface area contributed by atoms with Gasteiger partial charge in [-0.05, 0) is 24.3 Å². The van der Waals surface area contributed by atoms with E-state index in [2.05, 4.69) is 16.3 Å². The molecule has 0 fully saturated rings. The fourth-order valence-electron chi connectivity index (χ4n) is 1.48. The maximum absolute atomic E-state index is 11.8. The highest BCUT2D eigenvalue weighted by Crippen LogP contribution is 2.30. The van der Waals surface area contributed by atoms with Crippen LogP contribution in [0.25, 0.3) is 11.1 Å². The molecule has 0 radical (unpaired) electrons. The molecule has 0 aliphatic carbocycles. The summed E-state index contributed by atoms with van der Waals surface area (Å²) in [4.78, 5) is 4.03. The van der Waals surface area contributed by atoms with Gasteiger partial charge in [0.15, 0.2) is 0 Å². The second-order valence-corrected chi connectivity index (χ2v) is 3.71. The Labute approximate surface area is 103 Å². The van der Waals surface area contributed by atoms with Crippen LogP contribution >= 0.6 is 11.6 Å². The van der Waals surface area contributed by atoms with Gasteiger partial charge in [0, 0.05) is 34.6 Å². The van der Waals surface area contributed by atoms with E-state index in [-0.39, 0.29) is 0 Å². The van der Waals surface area contributed by atoms with Crippen LogP contribution in [0.2, 0.25) is 5.02 Å². The fraction of sp³-hybridized carbons (Fsp3) is 0. The number of anilines is 1. The van der Waals surface area contributed by atoms with E-state index in [4.69, 9.17) is 11.6 Å². The van der Waals surface area contributed by atoms with Crippen LogP contribution in [0, 0.1) is 12.2 Å². The number of benzene rings is 1. The Balaban J connectivity index is 2.49. The summed E-state index contributed by atoms with van der Waals surface area (Å²) in [5, 5.41) is 3.27. The molecule has 2 rings (SSSR count). The number of aromatic nitrogens is 1. The van der Waals surface area contributed by atoms with Crippen LogP contribution in [0.15, 0.2) is 42.7 Å². The minimum Gasteiger partial charge on any atom is -0.312 e. The molecule has 0 spiro atoms. The van der Waals surface area contributed by atoms with Crippen molar-refractivity contribution in [2.45, 2.75) is 0 Å². The van der Waals surface area contributed by atoms with Crippen molar-refractivity contribution in [3.8, 4) is 23.3 Å². The third kappa shape index (κ3) is 2.74. The Kier molecular flexibility index (Phi) is 3.59. The summed E-state index contributed by atoms with van der Waals surface area (Å²) in [5.74, 6) is 0. The average molecular weight is 247 g/mol. The molecule has 0 aliphatic heterocycles. The molecule has 84 valence electrons. The highest BCUT2D eigenvalue weighted by Gasteiger charge is 2.05. The first-order chi connectivity index (χ1) is 8.31. The molecule has 0 atom stereocenters. The molecule has 0 amide bonds. The van der Waals surface area contributed by atoms with Gasteiger partial charge in [-0.15, -0.1) is 4.39 Å². The van der Waals surface area contributed by atoms with E-state index >= 15 is 0 Å². The van der Waals surface area contributed by atoms with Crippen molar-refractivity contribution in [2.75, 3.05) is 5.32 Å². The van der Waals surface area contributed by atoms with E-state index in [1.165, 1.54) is 6.17 Å². The minimum atomic E-state index is 0.600. The number of hydrogen-bond acceptors (Lipinski definition) is 2. The van der Waals surface area contributed by atoms with Crippen LogP contribution in [0.1, 0.15) is 0 Å². The lowest BCUT2D eigenvalue weighted by molar-refractivity contribution is 0.773. The standard InChI is InChI=1S/C13H8ClFN2/c14-11-3-4-13(17-7-5-15)12(8-11)10-2-1-6-16-9-10/h1-4,6,8-9,17H. The smallest absolute Gasteiger partial charge is 0.128 e. The Bertz CT molecular complexity index is 573. The largest absolute Gasteiger partial charge is 0.312 e. The molecule has 1 N–H and O–H groups in total. The van der Waals surface area contributed by atoms with Gasteiger partial charge in [0.25, 0.3) is 0 Å². The van der Waals surface area contributed by atoms with Crippen molar-refractivity contribution >= 4 is 17.3 Å². The van der Waals surface area contributed by atoms with Crippen molar-refractivity contribution in [1.82, 2.24) is 4.98 Å². The third-order valence-electron chi connectivity index (χ3n) is 2.20. The molecule has 0 bridgehead atoms. The predicted octanol–water partition coefficient (Wildman–Crippen LogP) is 3.70. The predicted molar refractivity (Wildman–Crippen MR) is 67.2 cm³/mol. The first kappa shape index (κ1) is 11.4. The molecule has 0 saturated carbocycles. The summed E-state index contributed by atoms with van der Waals surface area (Å²) in [6.07, 6.45) is 4.69. The Morgan fingerprint density at radius 3 is 2.88 bits per heavy atom. The Morgan fingerprint density at radius 2 is 2.18 bits per heavy atom. The molecule has 0 unspecified atom stereocenters. The zero-order chi connectivity index (χ0) is 12.1. The normalized spacial score (nSPS) is 9.29. The van der Waals surface area contributed by atoms with Gasteiger partial charge >= 0.3 is 0 Å². The van der Waals surface area contributed by atoms with Gasteiger partial charge in [0.1, 0.15) is 6.17 Å². The summed E-state index contributed by atoms with van der Waals surface area (Å²) in [6.45, 7) is 0. The molecule has 4 heteroatoms. The zero-order valence-corrected chi connectivity index (χ0v) is 9.50. The highest BCUT2D eigenvalue weighted by molar-refractivity contribution is 6.31. The van der Waals surface area contributed by atoms with Crippen molar-refractivity contribution in [1.29, 1.82) is 0 Å². The van der Waals surface area contributed by atoms with Gasteiger partial charge in [-0.25, -0.2) is 0 Å². The van der Waals surface area contributed by atoms with Crippen molar-refractivity contribution in [3.63, 3.8) is 0 Å². The zero-order valence-electron chi connectivity index (χ0n) is 8.74. The minimum absolute atomic E-state index is 0.600.